The van der Waals surface area contributed by atoms with Crippen molar-refractivity contribution in [3.8, 4) is 0 Å². The zero-order valence-corrected chi connectivity index (χ0v) is 15.2. The monoisotopic (exact) mass is 328 g/mol. The number of piperazine rings is 1. The second-order valence-electron chi connectivity index (χ2n) is 7.27. The first-order valence-corrected chi connectivity index (χ1v) is 8.90. The molecule has 0 spiro atoms. The molecule has 0 saturated carbocycles. The van der Waals surface area contributed by atoms with E-state index < -0.39 is 0 Å². The summed E-state index contributed by atoms with van der Waals surface area (Å²) in [5, 5.41) is 3.30. The maximum absolute atomic E-state index is 12.7. The standard InChI is InChI=1S/C19H28N4O/c1-13(2)9-18-21-16-10-14(3)15(4)11-17(16)23(18)12-19(24)22-7-5-20-6-8-22/h10-11,13,20H,5-9,12H2,1-4H3. The molecule has 3 rings (SSSR count). The van der Waals surface area contributed by atoms with E-state index in [-0.39, 0.29) is 5.91 Å². The van der Waals surface area contributed by atoms with Crippen molar-refractivity contribution >= 4 is 16.9 Å². The van der Waals surface area contributed by atoms with Gasteiger partial charge in [0.25, 0.3) is 0 Å². The number of hydrogen-bond acceptors (Lipinski definition) is 3. The van der Waals surface area contributed by atoms with Gasteiger partial charge >= 0.3 is 0 Å². The summed E-state index contributed by atoms with van der Waals surface area (Å²) in [6.07, 6.45) is 0.890. The fourth-order valence-corrected chi connectivity index (χ4v) is 3.28. The van der Waals surface area contributed by atoms with Crippen molar-refractivity contribution in [1.29, 1.82) is 0 Å². The van der Waals surface area contributed by atoms with E-state index in [1.54, 1.807) is 0 Å². The number of nitrogens with one attached hydrogen (secondary N) is 1. The molecular formula is C19H28N4O. The summed E-state index contributed by atoms with van der Waals surface area (Å²) in [6.45, 7) is 12.4. The second kappa shape index (κ2) is 6.93. The minimum absolute atomic E-state index is 0.194. The van der Waals surface area contributed by atoms with Gasteiger partial charge in [-0.15, -0.1) is 0 Å². The Morgan fingerprint density at radius 3 is 2.54 bits per heavy atom. The van der Waals surface area contributed by atoms with E-state index in [2.05, 4.69) is 49.7 Å². The van der Waals surface area contributed by atoms with E-state index in [9.17, 15) is 4.79 Å². The maximum atomic E-state index is 12.7. The summed E-state index contributed by atoms with van der Waals surface area (Å²) in [5.41, 5.74) is 4.57. The van der Waals surface area contributed by atoms with Gasteiger partial charge in [-0.25, -0.2) is 4.98 Å². The number of benzene rings is 1. The van der Waals surface area contributed by atoms with Crippen LogP contribution in [0.5, 0.6) is 0 Å². The third-order valence-electron chi connectivity index (χ3n) is 4.80. The van der Waals surface area contributed by atoms with Crippen LogP contribution in [0.3, 0.4) is 0 Å². The Balaban J connectivity index is 1.96. The Morgan fingerprint density at radius 2 is 1.88 bits per heavy atom. The zero-order valence-electron chi connectivity index (χ0n) is 15.2. The first-order valence-electron chi connectivity index (χ1n) is 8.90. The first kappa shape index (κ1) is 17.0. The number of nitrogens with zero attached hydrogens (tertiary/aromatic N) is 3. The average molecular weight is 328 g/mol. The van der Waals surface area contributed by atoms with Crippen LogP contribution in [0.1, 0.15) is 30.8 Å². The van der Waals surface area contributed by atoms with Crippen molar-refractivity contribution in [3.05, 3.63) is 29.1 Å². The number of fused-ring (bicyclic) bond motifs is 1. The summed E-state index contributed by atoms with van der Waals surface area (Å²) in [4.78, 5) is 19.5. The molecule has 2 aromatic rings. The van der Waals surface area contributed by atoms with Gasteiger partial charge in [-0.1, -0.05) is 13.8 Å². The van der Waals surface area contributed by atoms with Gasteiger partial charge in [0.05, 0.1) is 11.0 Å². The summed E-state index contributed by atoms with van der Waals surface area (Å²) in [6, 6.07) is 4.31. The van der Waals surface area contributed by atoms with E-state index in [0.29, 0.717) is 12.5 Å². The molecule has 1 N–H and O–H groups in total. The van der Waals surface area contributed by atoms with E-state index in [0.717, 1.165) is 49.5 Å². The molecule has 5 heteroatoms. The molecule has 1 saturated heterocycles. The number of imidazole rings is 1. The fourth-order valence-electron chi connectivity index (χ4n) is 3.28. The number of carbonyl (C=O) groups excluding carboxylic acids is 1. The third-order valence-corrected chi connectivity index (χ3v) is 4.80. The SMILES string of the molecule is Cc1cc2nc(CC(C)C)n(CC(=O)N3CCNCC3)c2cc1C. The highest BCUT2D eigenvalue weighted by atomic mass is 16.2. The minimum atomic E-state index is 0.194. The van der Waals surface area contributed by atoms with E-state index >= 15 is 0 Å². The highest BCUT2D eigenvalue weighted by Gasteiger charge is 2.20. The molecule has 24 heavy (non-hydrogen) atoms. The van der Waals surface area contributed by atoms with Crippen molar-refractivity contribution < 1.29 is 4.79 Å². The highest BCUT2D eigenvalue weighted by molar-refractivity contribution is 5.82. The first-order chi connectivity index (χ1) is 11.5. The molecule has 0 atom stereocenters. The van der Waals surface area contributed by atoms with E-state index in [4.69, 9.17) is 4.98 Å². The minimum Gasteiger partial charge on any atom is -0.339 e. The predicted molar refractivity (Wildman–Crippen MR) is 97.2 cm³/mol. The van der Waals surface area contributed by atoms with Crippen LogP contribution in [0.15, 0.2) is 12.1 Å². The second-order valence-corrected chi connectivity index (χ2v) is 7.27. The van der Waals surface area contributed by atoms with Crippen LogP contribution in [0.4, 0.5) is 0 Å². The van der Waals surface area contributed by atoms with Crippen molar-refractivity contribution in [1.82, 2.24) is 19.8 Å². The molecule has 1 amide bonds. The molecule has 1 aromatic heterocycles. The number of hydrogen-bond donors (Lipinski definition) is 1. The molecule has 2 heterocycles. The van der Waals surface area contributed by atoms with Gasteiger partial charge in [0, 0.05) is 32.6 Å². The number of rotatable bonds is 4. The summed E-state index contributed by atoms with van der Waals surface area (Å²) in [7, 11) is 0. The molecule has 1 aliphatic rings. The van der Waals surface area contributed by atoms with Gasteiger partial charge in [0.1, 0.15) is 12.4 Å². The number of carbonyl (C=O) groups is 1. The molecular weight excluding hydrogens is 300 g/mol. The summed E-state index contributed by atoms with van der Waals surface area (Å²) < 4.78 is 2.13. The predicted octanol–water partition coefficient (Wildman–Crippen LogP) is 2.28. The quantitative estimate of drug-likeness (QED) is 0.937. The molecule has 1 aliphatic heterocycles. The van der Waals surface area contributed by atoms with Crippen LogP contribution in [-0.4, -0.2) is 46.5 Å². The molecule has 130 valence electrons. The third kappa shape index (κ3) is 3.46. The smallest absolute Gasteiger partial charge is 0.242 e. The Morgan fingerprint density at radius 1 is 1.21 bits per heavy atom. The zero-order chi connectivity index (χ0) is 17.3. The van der Waals surface area contributed by atoms with Crippen LogP contribution in [0.25, 0.3) is 11.0 Å². The Labute approximate surface area is 144 Å². The van der Waals surface area contributed by atoms with Crippen LogP contribution in [0.2, 0.25) is 0 Å². The molecule has 1 aromatic carbocycles. The Bertz CT molecular complexity index is 741. The van der Waals surface area contributed by atoms with Crippen LogP contribution in [-0.2, 0) is 17.8 Å². The lowest BCUT2D eigenvalue weighted by atomic mass is 10.1. The average Bonchev–Trinajstić information content (AvgIpc) is 2.85. The van der Waals surface area contributed by atoms with Gasteiger partial charge in [-0.2, -0.15) is 0 Å². The van der Waals surface area contributed by atoms with Gasteiger partial charge in [-0.05, 0) is 43.0 Å². The van der Waals surface area contributed by atoms with Crippen molar-refractivity contribution in [3.63, 3.8) is 0 Å². The van der Waals surface area contributed by atoms with E-state index in [1.165, 1.54) is 11.1 Å². The lowest BCUT2D eigenvalue weighted by Gasteiger charge is -2.28. The van der Waals surface area contributed by atoms with Gasteiger partial charge in [-0.3, -0.25) is 4.79 Å². The van der Waals surface area contributed by atoms with E-state index in [1.807, 2.05) is 4.90 Å². The Hall–Kier alpha value is -1.88. The van der Waals surface area contributed by atoms with Crippen LogP contribution < -0.4 is 5.32 Å². The van der Waals surface area contributed by atoms with Crippen LogP contribution in [0, 0.1) is 19.8 Å². The van der Waals surface area contributed by atoms with Gasteiger partial charge < -0.3 is 14.8 Å². The molecule has 0 bridgehead atoms. The normalized spacial score (nSPS) is 15.5. The van der Waals surface area contributed by atoms with Gasteiger partial charge in [0.2, 0.25) is 5.91 Å². The van der Waals surface area contributed by atoms with Gasteiger partial charge in [0.15, 0.2) is 0 Å². The lowest BCUT2D eigenvalue weighted by molar-refractivity contribution is -0.132. The molecule has 0 unspecified atom stereocenters. The van der Waals surface area contributed by atoms with Crippen molar-refractivity contribution in [2.24, 2.45) is 5.92 Å². The number of aryl methyl sites for hydroxylation is 2. The number of amides is 1. The lowest BCUT2D eigenvalue weighted by Crippen LogP contribution is -2.47. The topological polar surface area (TPSA) is 50.2 Å². The molecule has 0 radical (unpaired) electrons. The number of aromatic nitrogens is 2. The molecule has 0 aliphatic carbocycles. The highest BCUT2D eigenvalue weighted by Crippen LogP contribution is 2.22. The molecule has 5 nitrogen and oxygen atoms in total. The molecule has 1 fully saturated rings. The van der Waals surface area contributed by atoms with Crippen molar-refractivity contribution in [2.75, 3.05) is 26.2 Å². The summed E-state index contributed by atoms with van der Waals surface area (Å²) >= 11 is 0. The Kier molecular flexibility index (Phi) is 4.90. The van der Waals surface area contributed by atoms with Crippen molar-refractivity contribution in [2.45, 2.75) is 40.7 Å². The maximum Gasteiger partial charge on any atom is 0.242 e. The summed E-state index contributed by atoms with van der Waals surface area (Å²) in [5.74, 6) is 1.73. The fraction of sp³-hybridized carbons (Fsp3) is 0.579. The van der Waals surface area contributed by atoms with Crippen LogP contribution >= 0.6 is 0 Å². The largest absolute Gasteiger partial charge is 0.339 e.